The van der Waals surface area contributed by atoms with Crippen molar-refractivity contribution in [2.45, 2.75) is 0 Å². The van der Waals surface area contributed by atoms with Gasteiger partial charge in [-0.2, -0.15) is 4.98 Å². The number of hydrogen-bond donors (Lipinski definition) is 2. The van der Waals surface area contributed by atoms with Crippen LogP contribution in [0.5, 0.6) is 11.5 Å². The molecule has 3 aromatic rings. The van der Waals surface area contributed by atoms with Crippen LogP contribution in [-0.2, 0) is 0 Å². The summed E-state index contributed by atoms with van der Waals surface area (Å²) in [6, 6.07) is 4.10. The molecule has 19 heavy (non-hydrogen) atoms. The zero-order valence-corrected chi connectivity index (χ0v) is 9.56. The molecule has 2 N–H and O–H groups in total. The van der Waals surface area contributed by atoms with Crippen LogP contribution in [0.1, 0.15) is 0 Å². The summed E-state index contributed by atoms with van der Waals surface area (Å²) in [4.78, 5) is 12.1. The van der Waals surface area contributed by atoms with Gasteiger partial charge in [0.25, 0.3) is 5.89 Å². The van der Waals surface area contributed by atoms with Crippen molar-refractivity contribution >= 4 is 0 Å². The molecular weight excluding hydrogens is 248 g/mol. The van der Waals surface area contributed by atoms with E-state index in [0.717, 1.165) is 0 Å². The number of aromatic nitrogens is 4. The van der Waals surface area contributed by atoms with Crippen LogP contribution in [0.25, 0.3) is 23.0 Å². The van der Waals surface area contributed by atoms with E-state index in [1.807, 2.05) is 0 Å². The van der Waals surface area contributed by atoms with Gasteiger partial charge in [0.15, 0.2) is 0 Å². The number of aromatic hydroxyl groups is 2. The van der Waals surface area contributed by atoms with E-state index in [2.05, 4.69) is 20.1 Å². The summed E-state index contributed by atoms with van der Waals surface area (Å²) in [5, 5.41) is 22.7. The summed E-state index contributed by atoms with van der Waals surface area (Å²) in [7, 11) is 0. The highest BCUT2D eigenvalue weighted by Gasteiger charge is 2.14. The second kappa shape index (κ2) is 4.37. The van der Waals surface area contributed by atoms with Gasteiger partial charge in [0.2, 0.25) is 5.82 Å². The fourth-order valence-electron chi connectivity index (χ4n) is 1.55. The number of phenolic OH excluding ortho intramolecular Hbond substituents is 2. The third-order valence-electron chi connectivity index (χ3n) is 2.43. The van der Waals surface area contributed by atoms with Crippen molar-refractivity contribution in [2.75, 3.05) is 0 Å². The fourth-order valence-corrected chi connectivity index (χ4v) is 1.55. The number of phenols is 2. The highest BCUT2D eigenvalue weighted by molar-refractivity contribution is 5.65. The Morgan fingerprint density at radius 2 is 2.00 bits per heavy atom. The third kappa shape index (κ3) is 2.08. The molecule has 0 fully saturated rings. The Labute approximate surface area is 107 Å². The van der Waals surface area contributed by atoms with Gasteiger partial charge in [-0.25, -0.2) is 4.98 Å². The molecule has 0 aliphatic carbocycles. The Morgan fingerprint density at radius 1 is 1.11 bits per heavy atom. The minimum atomic E-state index is -0.144. The normalized spacial score (nSPS) is 10.5. The lowest BCUT2D eigenvalue weighted by Gasteiger charge is -1.98. The maximum Gasteiger partial charge on any atom is 0.262 e. The summed E-state index contributed by atoms with van der Waals surface area (Å²) in [5.41, 5.74) is 0.802. The van der Waals surface area contributed by atoms with Crippen molar-refractivity contribution in [1.82, 2.24) is 20.1 Å². The molecule has 0 radical (unpaired) electrons. The summed E-state index contributed by atoms with van der Waals surface area (Å²) >= 11 is 0. The maximum absolute atomic E-state index is 9.71. The van der Waals surface area contributed by atoms with E-state index in [-0.39, 0.29) is 23.2 Å². The molecule has 0 spiro atoms. The molecule has 7 heteroatoms. The molecule has 1 aromatic carbocycles. The van der Waals surface area contributed by atoms with Crippen LogP contribution in [0.4, 0.5) is 0 Å². The zero-order chi connectivity index (χ0) is 13.2. The van der Waals surface area contributed by atoms with Crippen LogP contribution in [0.3, 0.4) is 0 Å². The summed E-state index contributed by atoms with van der Waals surface area (Å²) in [6.07, 6.45) is 4.56. The molecule has 0 bridgehead atoms. The van der Waals surface area contributed by atoms with Gasteiger partial charge in [0.1, 0.15) is 17.2 Å². The zero-order valence-electron chi connectivity index (χ0n) is 9.56. The Bertz CT molecular complexity index is 712. The predicted molar refractivity (Wildman–Crippen MR) is 64.1 cm³/mol. The first-order chi connectivity index (χ1) is 9.24. The van der Waals surface area contributed by atoms with Gasteiger partial charge in [-0.1, -0.05) is 5.16 Å². The molecule has 0 saturated carbocycles. The van der Waals surface area contributed by atoms with E-state index in [9.17, 15) is 10.2 Å². The molecule has 0 saturated heterocycles. The quantitative estimate of drug-likeness (QED) is 0.717. The van der Waals surface area contributed by atoms with Crippen LogP contribution in [0.15, 0.2) is 41.3 Å². The van der Waals surface area contributed by atoms with Crippen LogP contribution in [0.2, 0.25) is 0 Å². The Hall–Kier alpha value is -2.96. The number of rotatable bonds is 2. The van der Waals surface area contributed by atoms with Crippen molar-refractivity contribution < 1.29 is 14.7 Å². The first-order valence-corrected chi connectivity index (χ1v) is 5.36. The third-order valence-corrected chi connectivity index (χ3v) is 2.43. The average Bonchev–Trinajstić information content (AvgIpc) is 2.89. The van der Waals surface area contributed by atoms with Gasteiger partial charge >= 0.3 is 0 Å². The first-order valence-electron chi connectivity index (χ1n) is 5.36. The van der Waals surface area contributed by atoms with Crippen molar-refractivity contribution in [3.63, 3.8) is 0 Å². The monoisotopic (exact) mass is 256 g/mol. The van der Waals surface area contributed by atoms with Crippen LogP contribution in [0, 0.1) is 0 Å². The summed E-state index contributed by atoms with van der Waals surface area (Å²) in [6.45, 7) is 0. The number of nitrogens with zero attached hydrogens (tertiary/aromatic N) is 4. The number of benzene rings is 1. The summed E-state index contributed by atoms with van der Waals surface area (Å²) < 4.78 is 5.06. The smallest absolute Gasteiger partial charge is 0.262 e. The van der Waals surface area contributed by atoms with Crippen LogP contribution in [-0.4, -0.2) is 30.3 Å². The van der Waals surface area contributed by atoms with Gasteiger partial charge in [-0.05, 0) is 12.1 Å². The SMILES string of the molecule is Oc1ccc(-c2nc(-c3cnccn3)no2)c(O)c1. The molecule has 94 valence electrons. The van der Waals surface area contributed by atoms with E-state index in [1.165, 1.54) is 36.8 Å². The Balaban J connectivity index is 2.02. The molecule has 0 unspecified atom stereocenters. The van der Waals surface area contributed by atoms with E-state index < -0.39 is 0 Å². The van der Waals surface area contributed by atoms with Crippen molar-refractivity contribution in [2.24, 2.45) is 0 Å². The van der Waals surface area contributed by atoms with E-state index in [0.29, 0.717) is 11.3 Å². The van der Waals surface area contributed by atoms with E-state index in [1.54, 1.807) is 0 Å². The molecule has 7 nitrogen and oxygen atoms in total. The molecule has 3 rings (SSSR count). The lowest BCUT2D eigenvalue weighted by molar-refractivity contribution is 0.423. The summed E-state index contributed by atoms with van der Waals surface area (Å²) in [5.74, 6) is 0.220. The van der Waals surface area contributed by atoms with E-state index in [4.69, 9.17) is 4.52 Å². The average molecular weight is 256 g/mol. The minimum absolute atomic E-state index is 0.0464. The molecule has 0 aliphatic heterocycles. The standard InChI is InChI=1S/C12H8N4O3/c17-7-1-2-8(10(18)5-7)12-15-11(16-19-12)9-6-13-3-4-14-9/h1-6,17-18H. The van der Waals surface area contributed by atoms with Gasteiger partial charge in [-0.15, -0.1) is 0 Å². The van der Waals surface area contributed by atoms with Gasteiger partial charge in [0, 0.05) is 18.5 Å². The molecule has 0 aliphatic rings. The maximum atomic E-state index is 9.71. The largest absolute Gasteiger partial charge is 0.508 e. The van der Waals surface area contributed by atoms with Crippen LogP contribution >= 0.6 is 0 Å². The minimum Gasteiger partial charge on any atom is -0.508 e. The molecule has 0 amide bonds. The Morgan fingerprint density at radius 3 is 2.74 bits per heavy atom. The highest BCUT2D eigenvalue weighted by Crippen LogP contribution is 2.31. The fraction of sp³-hybridized carbons (Fsp3) is 0. The van der Waals surface area contributed by atoms with Crippen LogP contribution < -0.4 is 0 Å². The topological polar surface area (TPSA) is 105 Å². The molecular formula is C12H8N4O3. The van der Waals surface area contributed by atoms with Gasteiger partial charge in [-0.3, -0.25) is 4.98 Å². The van der Waals surface area contributed by atoms with Gasteiger partial charge < -0.3 is 14.7 Å². The second-order valence-corrected chi connectivity index (χ2v) is 3.72. The lowest BCUT2D eigenvalue weighted by Crippen LogP contribution is -1.86. The van der Waals surface area contributed by atoms with E-state index >= 15 is 0 Å². The van der Waals surface area contributed by atoms with Crippen molar-refractivity contribution in [3.8, 4) is 34.5 Å². The first kappa shape index (κ1) is 11.1. The van der Waals surface area contributed by atoms with Crippen molar-refractivity contribution in [3.05, 3.63) is 36.8 Å². The lowest BCUT2D eigenvalue weighted by atomic mass is 10.2. The molecule has 2 aromatic heterocycles. The molecule has 2 heterocycles. The van der Waals surface area contributed by atoms with Crippen molar-refractivity contribution in [1.29, 1.82) is 0 Å². The predicted octanol–water partition coefficient (Wildman–Crippen LogP) is 1.60. The van der Waals surface area contributed by atoms with Gasteiger partial charge in [0.05, 0.1) is 11.8 Å². The second-order valence-electron chi connectivity index (χ2n) is 3.72. The number of hydrogen-bond acceptors (Lipinski definition) is 7. The molecule has 0 atom stereocenters. The highest BCUT2D eigenvalue weighted by atomic mass is 16.5. The Kier molecular flexibility index (Phi) is 2.57.